The molecule has 0 spiro atoms. The van der Waals surface area contributed by atoms with Gasteiger partial charge in [0.15, 0.2) is 0 Å². The Morgan fingerprint density at radius 3 is 2.54 bits per heavy atom. The molecule has 0 aliphatic heterocycles. The summed E-state index contributed by atoms with van der Waals surface area (Å²) in [7, 11) is 2.10. The highest BCUT2D eigenvalue weighted by atomic mass is 16.2. The van der Waals surface area contributed by atoms with Gasteiger partial charge in [-0.15, -0.1) is 0 Å². The Bertz CT molecular complexity index is 148. The lowest BCUT2D eigenvalue weighted by Gasteiger charge is -2.20. The average Bonchev–Trinajstić information content (AvgIpc) is 2.02. The predicted molar refractivity (Wildman–Crippen MR) is 54.6 cm³/mol. The summed E-state index contributed by atoms with van der Waals surface area (Å²) >= 11 is 0. The van der Waals surface area contributed by atoms with Crippen molar-refractivity contribution in [2.75, 3.05) is 20.1 Å². The van der Waals surface area contributed by atoms with Crippen LogP contribution in [0.1, 0.15) is 26.7 Å². The van der Waals surface area contributed by atoms with Crippen LogP contribution in [-0.4, -0.2) is 37.1 Å². The first-order valence-corrected chi connectivity index (χ1v) is 4.77. The molecule has 2 amide bonds. The first kappa shape index (κ1) is 12.2. The highest BCUT2D eigenvalue weighted by Gasteiger charge is 2.01. The summed E-state index contributed by atoms with van der Waals surface area (Å²) in [6.45, 7) is 6.09. The number of rotatable bonds is 6. The van der Waals surface area contributed by atoms with Gasteiger partial charge < -0.3 is 16.0 Å². The van der Waals surface area contributed by atoms with Crippen molar-refractivity contribution in [2.24, 2.45) is 5.73 Å². The molecule has 0 radical (unpaired) electrons. The number of hydrogen-bond acceptors (Lipinski definition) is 2. The molecule has 13 heavy (non-hydrogen) atoms. The van der Waals surface area contributed by atoms with Gasteiger partial charge in [-0.1, -0.05) is 0 Å². The number of hydrogen-bond donors (Lipinski definition) is 2. The summed E-state index contributed by atoms with van der Waals surface area (Å²) in [6, 6.07) is 0.154. The Balaban J connectivity index is 3.21. The molecule has 3 N–H and O–H groups in total. The lowest BCUT2D eigenvalue weighted by atomic mass is 10.2. The lowest BCUT2D eigenvalue weighted by molar-refractivity contribution is 0.247. The minimum Gasteiger partial charge on any atom is -0.352 e. The van der Waals surface area contributed by atoms with E-state index in [1.54, 1.807) is 0 Å². The molecule has 0 aliphatic rings. The molecule has 0 aromatic rings. The quantitative estimate of drug-likeness (QED) is 0.604. The van der Waals surface area contributed by atoms with Gasteiger partial charge in [-0.05, 0) is 40.3 Å². The van der Waals surface area contributed by atoms with Crippen LogP contribution in [0.4, 0.5) is 4.79 Å². The van der Waals surface area contributed by atoms with E-state index in [9.17, 15) is 4.79 Å². The van der Waals surface area contributed by atoms with Crippen molar-refractivity contribution in [3.8, 4) is 0 Å². The second kappa shape index (κ2) is 6.71. The molecule has 0 heterocycles. The molecular weight excluding hydrogens is 166 g/mol. The molecule has 0 bridgehead atoms. The third-order valence-electron chi connectivity index (χ3n) is 2.12. The van der Waals surface area contributed by atoms with Gasteiger partial charge in [0, 0.05) is 12.6 Å². The van der Waals surface area contributed by atoms with E-state index in [1.807, 2.05) is 0 Å². The Morgan fingerprint density at radius 2 is 2.08 bits per heavy atom. The van der Waals surface area contributed by atoms with E-state index in [0.717, 1.165) is 19.4 Å². The van der Waals surface area contributed by atoms with E-state index < -0.39 is 6.03 Å². The Hall–Kier alpha value is -0.770. The Kier molecular flexibility index (Phi) is 6.32. The lowest BCUT2D eigenvalue weighted by Crippen LogP contribution is -2.31. The van der Waals surface area contributed by atoms with Crippen molar-refractivity contribution in [2.45, 2.75) is 32.7 Å². The van der Waals surface area contributed by atoms with Crippen LogP contribution in [-0.2, 0) is 0 Å². The fourth-order valence-corrected chi connectivity index (χ4v) is 0.956. The fraction of sp³-hybridized carbons (Fsp3) is 0.889. The van der Waals surface area contributed by atoms with E-state index in [1.165, 1.54) is 0 Å². The average molecular weight is 187 g/mol. The standard InChI is InChI=1S/C9H21N3O/c1-8(2)12(3)7-5-4-6-11-9(10)13/h8H,4-7H2,1-3H3,(H3,10,11,13). The molecule has 0 unspecified atom stereocenters. The normalized spacial score (nSPS) is 10.8. The minimum absolute atomic E-state index is 0.433. The number of urea groups is 1. The number of unbranched alkanes of at least 4 members (excludes halogenated alkanes) is 1. The largest absolute Gasteiger partial charge is 0.352 e. The molecule has 0 aromatic heterocycles. The number of carbonyl (C=O) groups excluding carboxylic acids is 1. The van der Waals surface area contributed by atoms with Crippen molar-refractivity contribution in [1.29, 1.82) is 0 Å². The van der Waals surface area contributed by atoms with E-state index in [2.05, 4.69) is 31.1 Å². The number of nitrogens with two attached hydrogens (primary N) is 1. The van der Waals surface area contributed by atoms with Gasteiger partial charge in [0.2, 0.25) is 0 Å². The number of nitrogens with one attached hydrogen (secondary N) is 1. The Morgan fingerprint density at radius 1 is 1.46 bits per heavy atom. The fourth-order valence-electron chi connectivity index (χ4n) is 0.956. The smallest absolute Gasteiger partial charge is 0.312 e. The maximum Gasteiger partial charge on any atom is 0.312 e. The monoisotopic (exact) mass is 187 g/mol. The second-order valence-corrected chi connectivity index (χ2v) is 3.57. The summed E-state index contributed by atoms with van der Waals surface area (Å²) in [6.07, 6.45) is 2.08. The van der Waals surface area contributed by atoms with Gasteiger partial charge in [0.25, 0.3) is 0 Å². The molecular formula is C9H21N3O. The summed E-state index contributed by atoms with van der Waals surface area (Å²) in [4.78, 5) is 12.6. The summed E-state index contributed by atoms with van der Waals surface area (Å²) in [5.74, 6) is 0. The molecule has 78 valence electrons. The molecule has 0 fully saturated rings. The van der Waals surface area contributed by atoms with Gasteiger partial charge in [-0.2, -0.15) is 0 Å². The van der Waals surface area contributed by atoms with E-state index in [-0.39, 0.29) is 0 Å². The summed E-state index contributed by atoms with van der Waals surface area (Å²) < 4.78 is 0. The van der Waals surface area contributed by atoms with Crippen LogP contribution in [0.25, 0.3) is 0 Å². The van der Waals surface area contributed by atoms with Gasteiger partial charge in [-0.25, -0.2) is 4.79 Å². The van der Waals surface area contributed by atoms with Crippen LogP contribution in [0.3, 0.4) is 0 Å². The minimum atomic E-state index is -0.433. The molecule has 0 saturated heterocycles. The zero-order valence-electron chi connectivity index (χ0n) is 8.84. The van der Waals surface area contributed by atoms with E-state index in [4.69, 9.17) is 5.73 Å². The molecule has 4 nitrogen and oxygen atoms in total. The topological polar surface area (TPSA) is 58.4 Å². The molecule has 0 aliphatic carbocycles. The van der Waals surface area contributed by atoms with Crippen LogP contribution in [0.15, 0.2) is 0 Å². The SMILES string of the molecule is CC(C)N(C)CCCCNC(N)=O. The van der Waals surface area contributed by atoms with Gasteiger partial charge in [-0.3, -0.25) is 0 Å². The molecule has 0 aromatic carbocycles. The van der Waals surface area contributed by atoms with Gasteiger partial charge >= 0.3 is 6.03 Å². The number of amides is 2. The summed E-state index contributed by atoms with van der Waals surface area (Å²) in [5.41, 5.74) is 4.92. The number of carbonyl (C=O) groups is 1. The predicted octanol–water partition coefficient (Wildman–Crippen LogP) is 0.775. The molecule has 0 rings (SSSR count). The van der Waals surface area contributed by atoms with Gasteiger partial charge in [0.05, 0.1) is 0 Å². The van der Waals surface area contributed by atoms with Crippen LogP contribution in [0.5, 0.6) is 0 Å². The number of primary amides is 1. The second-order valence-electron chi connectivity index (χ2n) is 3.57. The van der Waals surface area contributed by atoms with Crippen LogP contribution in [0.2, 0.25) is 0 Å². The van der Waals surface area contributed by atoms with Crippen molar-refractivity contribution in [3.63, 3.8) is 0 Å². The zero-order chi connectivity index (χ0) is 10.3. The first-order chi connectivity index (χ1) is 6.04. The highest BCUT2D eigenvalue weighted by Crippen LogP contribution is 1.96. The van der Waals surface area contributed by atoms with E-state index in [0.29, 0.717) is 12.6 Å². The van der Waals surface area contributed by atoms with Crippen molar-refractivity contribution < 1.29 is 4.79 Å². The first-order valence-electron chi connectivity index (χ1n) is 4.77. The molecule has 0 atom stereocenters. The van der Waals surface area contributed by atoms with Crippen molar-refractivity contribution >= 4 is 6.03 Å². The Labute approximate surface area is 80.5 Å². The maximum atomic E-state index is 10.3. The van der Waals surface area contributed by atoms with Gasteiger partial charge in [0.1, 0.15) is 0 Å². The summed E-state index contributed by atoms with van der Waals surface area (Å²) in [5, 5.41) is 2.57. The van der Waals surface area contributed by atoms with E-state index >= 15 is 0 Å². The maximum absolute atomic E-state index is 10.3. The third kappa shape index (κ3) is 7.59. The van der Waals surface area contributed by atoms with Crippen molar-refractivity contribution in [1.82, 2.24) is 10.2 Å². The highest BCUT2D eigenvalue weighted by molar-refractivity contribution is 5.71. The molecule has 0 saturated carbocycles. The number of nitrogens with zero attached hydrogens (tertiary/aromatic N) is 1. The third-order valence-corrected chi connectivity index (χ3v) is 2.12. The van der Waals surface area contributed by atoms with Crippen LogP contribution < -0.4 is 11.1 Å². The zero-order valence-corrected chi connectivity index (χ0v) is 8.84. The van der Waals surface area contributed by atoms with Crippen molar-refractivity contribution in [3.05, 3.63) is 0 Å². The van der Waals surface area contributed by atoms with Crippen LogP contribution in [0, 0.1) is 0 Å². The van der Waals surface area contributed by atoms with Crippen LogP contribution >= 0.6 is 0 Å². The molecule has 4 heteroatoms.